The first-order valence-corrected chi connectivity index (χ1v) is 7.72. The number of aliphatic hydroxyl groups excluding tert-OH is 1. The lowest BCUT2D eigenvalue weighted by molar-refractivity contribution is 0.117. The molecule has 112 valence electrons. The van der Waals surface area contributed by atoms with Gasteiger partial charge in [-0.3, -0.25) is 0 Å². The van der Waals surface area contributed by atoms with E-state index in [1.165, 1.54) is 5.56 Å². The summed E-state index contributed by atoms with van der Waals surface area (Å²) in [6, 6.07) is 13.8. The van der Waals surface area contributed by atoms with Gasteiger partial charge in [0.05, 0.1) is 0 Å². The number of para-hydroxylation sites is 1. The number of hydrogen-bond donors (Lipinski definition) is 2. The van der Waals surface area contributed by atoms with Gasteiger partial charge in [-0.05, 0) is 53.5 Å². The van der Waals surface area contributed by atoms with Crippen molar-refractivity contribution in [1.29, 1.82) is 0 Å². The highest BCUT2D eigenvalue weighted by atomic mass is 79.9. The highest BCUT2D eigenvalue weighted by molar-refractivity contribution is 9.10. The molecule has 2 aromatic carbocycles. The minimum absolute atomic E-state index is 0.265. The average Bonchev–Trinajstić information content (AvgIpc) is 2.45. The average molecular weight is 350 g/mol. The van der Waals surface area contributed by atoms with Crippen LogP contribution in [0.25, 0.3) is 0 Å². The maximum absolute atomic E-state index is 10.0. The fourth-order valence-electron chi connectivity index (χ4n) is 2.04. The Labute approximate surface area is 134 Å². The second kappa shape index (κ2) is 7.48. The number of benzene rings is 2. The van der Waals surface area contributed by atoms with E-state index in [2.05, 4.69) is 27.3 Å². The Hall–Kier alpha value is -1.52. The normalized spacial score (nSPS) is 12.0. The van der Waals surface area contributed by atoms with Crippen LogP contribution in [0.2, 0.25) is 0 Å². The van der Waals surface area contributed by atoms with Gasteiger partial charge < -0.3 is 15.2 Å². The number of anilines is 1. The number of aliphatic hydroxyl groups is 1. The molecule has 0 radical (unpaired) electrons. The van der Waals surface area contributed by atoms with Gasteiger partial charge in [-0.2, -0.15) is 0 Å². The summed E-state index contributed by atoms with van der Waals surface area (Å²) in [5.41, 5.74) is 3.25. The lowest BCUT2D eigenvalue weighted by Gasteiger charge is -2.16. The molecule has 0 aromatic heterocycles. The predicted molar refractivity (Wildman–Crippen MR) is 90.0 cm³/mol. The molecule has 3 nitrogen and oxygen atoms in total. The summed E-state index contributed by atoms with van der Waals surface area (Å²) < 4.78 is 6.65. The monoisotopic (exact) mass is 349 g/mol. The molecule has 2 rings (SSSR count). The number of rotatable bonds is 6. The zero-order chi connectivity index (χ0) is 15.2. The minimum Gasteiger partial charge on any atom is -0.491 e. The number of hydrogen-bond acceptors (Lipinski definition) is 3. The third kappa shape index (κ3) is 4.76. The smallest absolute Gasteiger partial charge is 0.122 e. The third-order valence-electron chi connectivity index (χ3n) is 3.16. The first kappa shape index (κ1) is 15.9. The van der Waals surface area contributed by atoms with Gasteiger partial charge in [0, 0.05) is 16.7 Å². The van der Waals surface area contributed by atoms with Crippen LogP contribution >= 0.6 is 15.9 Å². The van der Waals surface area contributed by atoms with E-state index in [1.807, 2.05) is 50.2 Å². The molecule has 0 aliphatic carbocycles. The summed E-state index contributed by atoms with van der Waals surface area (Å²) in [7, 11) is 0. The molecular weight excluding hydrogens is 330 g/mol. The predicted octanol–water partition coefficient (Wildman–Crippen LogP) is 3.92. The van der Waals surface area contributed by atoms with Crippen LogP contribution in [0.4, 0.5) is 5.69 Å². The highest BCUT2D eigenvalue weighted by Gasteiger charge is 2.07. The molecule has 0 amide bonds. The number of nitrogens with one attached hydrogen (secondary N) is 1. The Morgan fingerprint density at radius 2 is 1.95 bits per heavy atom. The summed E-state index contributed by atoms with van der Waals surface area (Å²) >= 11 is 3.46. The van der Waals surface area contributed by atoms with Crippen LogP contribution in [-0.2, 0) is 0 Å². The van der Waals surface area contributed by atoms with Crippen LogP contribution in [-0.4, -0.2) is 24.4 Å². The van der Waals surface area contributed by atoms with Crippen LogP contribution in [0.1, 0.15) is 11.1 Å². The van der Waals surface area contributed by atoms with Gasteiger partial charge in [-0.15, -0.1) is 0 Å². The van der Waals surface area contributed by atoms with Crippen molar-refractivity contribution in [3.05, 3.63) is 58.1 Å². The molecule has 1 unspecified atom stereocenters. The van der Waals surface area contributed by atoms with Gasteiger partial charge in [0.2, 0.25) is 0 Å². The van der Waals surface area contributed by atoms with Gasteiger partial charge in [0.15, 0.2) is 0 Å². The largest absolute Gasteiger partial charge is 0.491 e. The van der Waals surface area contributed by atoms with E-state index in [1.54, 1.807) is 0 Å². The molecule has 21 heavy (non-hydrogen) atoms. The van der Waals surface area contributed by atoms with Crippen molar-refractivity contribution in [3.63, 3.8) is 0 Å². The van der Waals surface area contributed by atoms with Crippen molar-refractivity contribution in [1.82, 2.24) is 0 Å². The summed E-state index contributed by atoms with van der Waals surface area (Å²) in [5.74, 6) is 0.820. The fraction of sp³-hybridized carbons (Fsp3) is 0.294. The quantitative estimate of drug-likeness (QED) is 0.830. The molecule has 0 saturated heterocycles. The van der Waals surface area contributed by atoms with E-state index in [4.69, 9.17) is 4.74 Å². The van der Waals surface area contributed by atoms with E-state index < -0.39 is 6.10 Å². The van der Waals surface area contributed by atoms with Crippen LogP contribution < -0.4 is 10.1 Å². The van der Waals surface area contributed by atoms with Gasteiger partial charge in [0.1, 0.15) is 18.5 Å². The van der Waals surface area contributed by atoms with Crippen molar-refractivity contribution < 1.29 is 9.84 Å². The molecule has 0 fully saturated rings. The molecule has 2 N–H and O–H groups in total. The summed E-state index contributed by atoms with van der Waals surface area (Å²) in [4.78, 5) is 0. The SMILES string of the molecule is Cc1ccc(OCC(O)CNc2ccccc2Br)c(C)c1. The summed E-state index contributed by atoms with van der Waals surface area (Å²) in [6.07, 6.45) is -0.571. The van der Waals surface area contributed by atoms with Gasteiger partial charge >= 0.3 is 0 Å². The van der Waals surface area contributed by atoms with Gasteiger partial charge in [-0.25, -0.2) is 0 Å². The molecule has 1 atom stereocenters. The molecule has 0 saturated carbocycles. The summed E-state index contributed by atoms with van der Waals surface area (Å²) in [5, 5.41) is 13.2. The van der Waals surface area contributed by atoms with E-state index in [0.29, 0.717) is 6.54 Å². The molecule has 0 bridgehead atoms. The summed E-state index contributed by atoms with van der Waals surface area (Å²) in [6.45, 7) is 4.76. The lowest BCUT2D eigenvalue weighted by Crippen LogP contribution is -2.26. The molecule has 2 aromatic rings. The second-order valence-corrected chi connectivity index (χ2v) is 5.95. The Balaban J connectivity index is 1.82. The molecule has 0 spiro atoms. The minimum atomic E-state index is -0.571. The van der Waals surface area contributed by atoms with E-state index >= 15 is 0 Å². The molecule has 0 aliphatic rings. The van der Waals surface area contributed by atoms with Crippen molar-refractivity contribution in [2.24, 2.45) is 0 Å². The molecule has 0 heterocycles. The third-order valence-corrected chi connectivity index (χ3v) is 3.86. The molecule has 0 aliphatic heterocycles. The van der Waals surface area contributed by atoms with Crippen LogP contribution in [0.5, 0.6) is 5.75 Å². The Morgan fingerprint density at radius 1 is 1.19 bits per heavy atom. The first-order chi connectivity index (χ1) is 10.1. The van der Waals surface area contributed by atoms with Crippen molar-refractivity contribution >= 4 is 21.6 Å². The maximum atomic E-state index is 10.0. The van der Waals surface area contributed by atoms with Crippen molar-refractivity contribution in [2.45, 2.75) is 20.0 Å². The fourth-order valence-corrected chi connectivity index (χ4v) is 2.46. The second-order valence-electron chi connectivity index (χ2n) is 5.09. The Morgan fingerprint density at radius 3 is 2.67 bits per heavy atom. The standard InChI is InChI=1S/C17H20BrNO2/c1-12-7-8-17(13(2)9-12)21-11-14(20)10-19-16-6-4-3-5-15(16)18/h3-9,14,19-20H,10-11H2,1-2H3. The van der Waals surface area contributed by atoms with Crippen molar-refractivity contribution in [2.75, 3.05) is 18.5 Å². The van der Waals surface area contributed by atoms with E-state index in [0.717, 1.165) is 21.5 Å². The Kier molecular flexibility index (Phi) is 5.65. The molecular formula is C17H20BrNO2. The van der Waals surface area contributed by atoms with Crippen LogP contribution in [0.15, 0.2) is 46.9 Å². The maximum Gasteiger partial charge on any atom is 0.122 e. The lowest BCUT2D eigenvalue weighted by atomic mass is 10.1. The zero-order valence-electron chi connectivity index (χ0n) is 12.3. The zero-order valence-corrected chi connectivity index (χ0v) is 13.9. The molecule has 4 heteroatoms. The van der Waals surface area contributed by atoms with Gasteiger partial charge in [0.25, 0.3) is 0 Å². The van der Waals surface area contributed by atoms with E-state index in [-0.39, 0.29) is 6.61 Å². The topological polar surface area (TPSA) is 41.5 Å². The highest BCUT2D eigenvalue weighted by Crippen LogP contribution is 2.21. The Bertz CT molecular complexity index is 601. The number of halogens is 1. The van der Waals surface area contributed by atoms with E-state index in [9.17, 15) is 5.11 Å². The van der Waals surface area contributed by atoms with Crippen LogP contribution in [0, 0.1) is 13.8 Å². The van der Waals surface area contributed by atoms with Crippen LogP contribution in [0.3, 0.4) is 0 Å². The van der Waals surface area contributed by atoms with Crippen molar-refractivity contribution in [3.8, 4) is 5.75 Å². The number of aryl methyl sites for hydroxylation is 2. The van der Waals surface area contributed by atoms with Gasteiger partial charge in [-0.1, -0.05) is 29.8 Å². The first-order valence-electron chi connectivity index (χ1n) is 6.93. The number of ether oxygens (including phenoxy) is 1.